The molecule has 2 N–H and O–H groups in total. The number of carbonyl (C=O) groups excluding carboxylic acids is 1. The summed E-state index contributed by atoms with van der Waals surface area (Å²) in [6.45, 7) is 5.55. The summed E-state index contributed by atoms with van der Waals surface area (Å²) in [5.74, 6) is 1.80. The topological polar surface area (TPSA) is 77.7 Å². The van der Waals surface area contributed by atoms with Gasteiger partial charge < -0.3 is 20.1 Å². The van der Waals surface area contributed by atoms with E-state index in [1.807, 2.05) is 17.0 Å². The number of aromatic nitrogens is 1. The molecule has 0 bridgehead atoms. The highest BCUT2D eigenvalue weighted by Gasteiger charge is 2.35. The van der Waals surface area contributed by atoms with Crippen molar-refractivity contribution in [3.8, 4) is 17.4 Å². The molecule has 1 aromatic heterocycles. The number of amides is 1. The summed E-state index contributed by atoms with van der Waals surface area (Å²) in [4.78, 5) is 18.3. The van der Waals surface area contributed by atoms with E-state index in [4.69, 9.17) is 15.2 Å². The van der Waals surface area contributed by atoms with Crippen LogP contribution in [-0.2, 0) is 4.79 Å². The van der Waals surface area contributed by atoms with Crippen LogP contribution in [0.15, 0.2) is 48.7 Å². The highest BCUT2D eigenvalue weighted by atomic mass is 16.5. The molecule has 1 atom stereocenters. The Morgan fingerprint density at radius 3 is 2.62 bits per heavy atom. The van der Waals surface area contributed by atoms with Gasteiger partial charge in [-0.15, -0.1) is 0 Å². The van der Waals surface area contributed by atoms with Crippen molar-refractivity contribution in [2.45, 2.75) is 26.3 Å². The molecule has 26 heavy (non-hydrogen) atoms. The zero-order chi connectivity index (χ0) is 18.6. The Kier molecular flexibility index (Phi) is 5.42. The number of pyridine rings is 1. The number of carbonyl (C=O) groups is 1. The smallest absolute Gasteiger partial charge is 0.260 e. The van der Waals surface area contributed by atoms with E-state index in [-0.39, 0.29) is 24.0 Å². The summed E-state index contributed by atoms with van der Waals surface area (Å²) in [5, 5.41) is 0. The first-order valence-corrected chi connectivity index (χ1v) is 8.79. The van der Waals surface area contributed by atoms with Crippen LogP contribution in [0.2, 0.25) is 0 Å². The number of likely N-dealkylation sites (tertiary alicyclic amines) is 1. The largest absolute Gasteiger partial charge is 0.484 e. The van der Waals surface area contributed by atoms with Crippen LogP contribution in [-0.4, -0.2) is 41.5 Å². The summed E-state index contributed by atoms with van der Waals surface area (Å²) in [5.41, 5.74) is 6.05. The van der Waals surface area contributed by atoms with Gasteiger partial charge in [0.2, 0.25) is 5.88 Å². The average molecular weight is 355 g/mol. The Balaban J connectivity index is 1.51. The Labute approximate surface area is 153 Å². The monoisotopic (exact) mass is 355 g/mol. The second-order valence-electron chi connectivity index (χ2n) is 7.23. The van der Waals surface area contributed by atoms with E-state index in [0.717, 1.165) is 6.42 Å². The van der Waals surface area contributed by atoms with Gasteiger partial charge in [0.1, 0.15) is 11.5 Å². The standard InChI is InChI=1S/C20H25N3O3/c1-20(2)14-23(12-10-17(20)21)19(24)13-25-15-6-8-16(9-7-15)26-18-5-3-4-11-22-18/h3-9,11,17H,10,12-14,21H2,1-2H3. The molecule has 1 saturated heterocycles. The fraction of sp³-hybridized carbons (Fsp3) is 0.400. The normalized spacial score (nSPS) is 19.0. The van der Waals surface area contributed by atoms with Crippen LogP contribution in [0.5, 0.6) is 17.4 Å². The molecule has 138 valence electrons. The third-order valence-corrected chi connectivity index (χ3v) is 4.71. The lowest BCUT2D eigenvalue weighted by Gasteiger charge is -2.42. The predicted octanol–water partition coefficient (Wildman–Crippen LogP) is 2.84. The molecule has 6 nitrogen and oxygen atoms in total. The van der Waals surface area contributed by atoms with Crippen LogP contribution < -0.4 is 15.2 Å². The first-order chi connectivity index (χ1) is 12.4. The minimum atomic E-state index is -0.0711. The zero-order valence-electron chi connectivity index (χ0n) is 15.2. The molecule has 1 fully saturated rings. The van der Waals surface area contributed by atoms with Crippen LogP contribution in [0.25, 0.3) is 0 Å². The van der Waals surface area contributed by atoms with E-state index < -0.39 is 0 Å². The van der Waals surface area contributed by atoms with Crippen molar-refractivity contribution in [3.05, 3.63) is 48.7 Å². The van der Waals surface area contributed by atoms with Crippen molar-refractivity contribution in [2.24, 2.45) is 11.1 Å². The van der Waals surface area contributed by atoms with E-state index in [1.54, 1.807) is 36.5 Å². The van der Waals surface area contributed by atoms with E-state index >= 15 is 0 Å². The van der Waals surface area contributed by atoms with Crippen LogP contribution in [0.3, 0.4) is 0 Å². The van der Waals surface area contributed by atoms with Crippen LogP contribution in [0, 0.1) is 5.41 Å². The number of nitrogens with two attached hydrogens (primary N) is 1. The van der Waals surface area contributed by atoms with Gasteiger partial charge in [0.15, 0.2) is 6.61 Å². The van der Waals surface area contributed by atoms with Gasteiger partial charge in [-0.1, -0.05) is 19.9 Å². The first-order valence-electron chi connectivity index (χ1n) is 8.79. The molecule has 0 spiro atoms. The molecule has 2 heterocycles. The lowest BCUT2D eigenvalue weighted by atomic mass is 9.80. The minimum absolute atomic E-state index is 0.0150. The number of hydrogen-bond acceptors (Lipinski definition) is 5. The minimum Gasteiger partial charge on any atom is -0.484 e. The average Bonchev–Trinajstić information content (AvgIpc) is 2.64. The van der Waals surface area contributed by atoms with Gasteiger partial charge in [-0.25, -0.2) is 4.98 Å². The van der Waals surface area contributed by atoms with Crippen molar-refractivity contribution >= 4 is 5.91 Å². The number of ether oxygens (including phenoxy) is 2. The number of hydrogen-bond donors (Lipinski definition) is 1. The van der Waals surface area contributed by atoms with Crippen LogP contribution >= 0.6 is 0 Å². The molecule has 0 saturated carbocycles. The van der Waals surface area contributed by atoms with Crippen molar-refractivity contribution in [3.63, 3.8) is 0 Å². The number of benzene rings is 1. The molecule has 3 rings (SSSR count). The van der Waals surface area contributed by atoms with E-state index in [9.17, 15) is 4.79 Å². The Morgan fingerprint density at radius 1 is 1.23 bits per heavy atom. The summed E-state index contributed by atoms with van der Waals surface area (Å²) in [6.07, 6.45) is 2.49. The van der Waals surface area contributed by atoms with Crippen molar-refractivity contribution in [1.82, 2.24) is 9.88 Å². The lowest BCUT2D eigenvalue weighted by Crippen LogP contribution is -2.54. The molecule has 0 radical (unpaired) electrons. The van der Waals surface area contributed by atoms with Gasteiger partial charge in [0.25, 0.3) is 5.91 Å². The van der Waals surface area contributed by atoms with Crippen molar-refractivity contribution in [2.75, 3.05) is 19.7 Å². The third-order valence-electron chi connectivity index (χ3n) is 4.71. The predicted molar refractivity (Wildman–Crippen MR) is 99.2 cm³/mol. The molecule has 1 amide bonds. The maximum atomic E-state index is 12.4. The highest BCUT2D eigenvalue weighted by Crippen LogP contribution is 2.28. The first kappa shape index (κ1) is 18.2. The van der Waals surface area contributed by atoms with Gasteiger partial charge in [0.05, 0.1) is 0 Å². The number of piperidine rings is 1. The molecule has 1 aliphatic heterocycles. The van der Waals surface area contributed by atoms with Crippen LogP contribution in [0.4, 0.5) is 0 Å². The number of nitrogens with zero attached hydrogens (tertiary/aromatic N) is 2. The second kappa shape index (κ2) is 7.74. The van der Waals surface area contributed by atoms with E-state index in [0.29, 0.717) is 30.5 Å². The SMILES string of the molecule is CC1(C)CN(C(=O)COc2ccc(Oc3ccccn3)cc2)CCC1N. The maximum absolute atomic E-state index is 12.4. The van der Waals surface area contributed by atoms with Gasteiger partial charge in [-0.3, -0.25) is 4.79 Å². The van der Waals surface area contributed by atoms with Gasteiger partial charge in [-0.2, -0.15) is 0 Å². The van der Waals surface area contributed by atoms with Crippen LogP contribution in [0.1, 0.15) is 20.3 Å². The Morgan fingerprint density at radius 2 is 1.96 bits per heavy atom. The molecular formula is C20H25N3O3. The maximum Gasteiger partial charge on any atom is 0.260 e. The van der Waals surface area contributed by atoms with Gasteiger partial charge in [0, 0.05) is 31.4 Å². The summed E-state index contributed by atoms with van der Waals surface area (Å²) in [6, 6.07) is 12.7. The molecular weight excluding hydrogens is 330 g/mol. The Bertz CT molecular complexity index is 732. The van der Waals surface area contributed by atoms with Gasteiger partial charge in [-0.05, 0) is 42.2 Å². The summed E-state index contributed by atoms with van der Waals surface area (Å²) in [7, 11) is 0. The molecule has 1 aliphatic rings. The fourth-order valence-corrected chi connectivity index (χ4v) is 2.96. The molecule has 2 aromatic rings. The fourth-order valence-electron chi connectivity index (χ4n) is 2.96. The van der Waals surface area contributed by atoms with Crippen molar-refractivity contribution < 1.29 is 14.3 Å². The zero-order valence-corrected chi connectivity index (χ0v) is 15.2. The van der Waals surface area contributed by atoms with E-state index in [1.165, 1.54) is 0 Å². The Hall–Kier alpha value is -2.60. The van der Waals surface area contributed by atoms with Crippen molar-refractivity contribution in [1.29, 1.82) is 0 Å². The van der Waals surface area contributed by atoms with Gasteiger partial charge >= 0.3 is 0 Å². The third kappa shape index (κ3) is 4.52. The molecule has 6 heteroatoms. The second-order valence-corrected chi connectivity index (χ2v) is 7.23. The van der Waals surface area contributed by atoms with E-state index in [2.05, 4.69) is 18.8 Å². The molecule has 0 aliphatic carbocycles. The quantitative estimate of drug-likeness (QED) is 0.892. The number of rotatable bonds is 5. The lowest BCUT2D eigenvalue weighted by molar-refractivity contribution is -0.136. The summed E-state index contributed by atoms with van der Waals surface area (Å²) < 4.78 is 11.3. The summed E-state index contributed by atoms with van der Waals surface area (Å²) >= 11 is 0. The highest BCUT2D eigenvalue weighted by molar-refractivity contribution is 5.78. The molecule has 1 unspecified atom stereocenters. The molecule has 1 aromatic carbocycles.